The Bertz CT molecular complexity index is 772. The molecule has 3 heterocycles. The Kier molecular flexibility index (Phi) is 3.99. The summed E-state index contributed by atoms with van der Waals surface area (Å²) in [5, 5.41) is 14.7. The van der Waals surface area contributed by atoms with E-state index in [0.29, 0.717) is 11.4 Å². The van der Waals surface area contributed by atoms with Crippen molar-refractivity contribution < 1.29 is 44.0 Å². The number of aromatic nitrogens is 3. The Labute approximate surface area is 136 Å². The van der Waals surface area contributed by atoms with E-state index >= 15 is 0 Å². The molecule has 96 valence electrons. The number of carboxylic acid groups (broad SMARTS) is 1. The molecule has 0 aliphatic carbocycles. The summed E-state index contributed by atoms with van der Waals surface area (Å²) in [6.45, 7) is 3.67. The minimum atomic E-state index is -1.22. The second kappa shape index (κ2) is 5.40. The molecule has 0 radical (unpaired) electrons. The monoisotopic (exact) mass is 279 g/mol. The predicted molar refractivity (Wildman–Crippen MR) is 64.5 cm³/mol. The molecule has 0 aliphatic heterocycles. The molecular weight excluding hydrogens is 269 g/mol. The van der Waals surface area contributed by atoms with Crippen molar-refractivity contribution in [2.45, 2.75) is 13.8 Å². The molecular formula is C13H10N3NaO3. The number of carbonyl (C=O) groups excluding carboxylic acids is 1. The van der Waals surface area contributed by atoms with Crippen molar-refractivity contribution in [3.05, 3.63) is 41.5 Å². The van der Waals surface area contributed by atoms with Gasteiger partial charge in [0.2, 0.25) is 0 Å². The van der Waals surface area contributed by atoms with Gasteiger partial charge < -0.3 is 14.4 Å². The molecule has 6 nitrogen and oxygen atoms in total. The molecule has 3 rings (SSSR count). The average molecular weight is 279 g/mol. The van der Waals surface area contributed by atoms with Gasteiger partial charge >= 0.3 is 29.6 Å². The number of fused-ring (bicyclic) bond motifs is 1. The molecule has 0 saturated carbocycles. The van der Waals surface area contributed by atoms with Gasteiger partial charge in [0, 0.05) is 11.8 Å². The van der Waals surface area contributed by atoms with Gasteiger partial charge in [-0.3, -0.25) is 4.40 Å². The fraction of sp³-hybridized carbons (Fsp3) is 0.154. The van der Waals surface area contributed by atoms with Crippen LogP contribution in [0, 0.1) is 13.8 Å². The van der Waals surface area contributed by atoms with Crippen molar-refractivity contribution in [1.29, 1.82) is 0 Å². The number of aryl methyl sites for hydroxylation is 2. The summed E-state index contributed by atoms with van der Waals surface area (Å²) in [6, 6.07) is 2.95. The first-order chi connectivity index (χ1) is 9.08. The van der Waals surface area contributed by atoms with Crippen LogP contribution in [0.15, 0.2) is 29.0 Å². The molecule has 0 spiro atoms. The third-order valence-corrected chi connectivity index (χ3v) is 3.04. The quantitative estimate of drug-likeness (QED) is 0.505. The first-order valence-electron chi connectivity index (χ1n) is 5.69. The summed E-state index contributed by atoms with van der Waals surface area (Å²) in [5.74, 6) is -0.521. The number of aromatic carboxylic acids is 1. The number of rotatable bonds is 2. The summed E-state index contributed by atoms with van der Waals surface area (Å²) < 4.78 is 6.93. The zero-order chi connectivity index (χ0) is 13.6. The van der Waals surface area contributed by atoms with E-state index in [0.717, 1.165) is 17.0 Å². The van der Waals surface area contributed by atoms with Gasteiger partial charge in [-0.15, -0.1) is 0 Å². The molecule has 3 aromatic heterocycles. The number of pyridine rings is 1. The van der Waals surface area contributed by atoms with E-state index in [2.05, 4.69) is 10.1 Å². The van der Waals surface area contributed by atoms with Crippen molar-refractivity contribution in [2.24, 2.45) is 0 Å². The van der Waals surface area contributed by atoms with Crippen LogP contribution in [0.1, 0.15) is 21.8 Å². The van der Waals surface area contributed by atoms with Gasteiger partial charge in [0.15, 0.2) is 0 Å². The number of imidazole rings is 1. The second-order valence-corrected chi connectivity index (χ2v) is 4.27. The van der Waals surface area contributed by atoms with Crippen LogP contribution in [0.3, 0.4) is 0 Å². The summed E-state index contributed by atoms with van der Waals surface area (Å²) in [6.07, 6.45) is 3.32. The fourth-order valence-corrected chi connectivity index (χ4v) is 2.14. The Balaban J connectivity index is 0.00000147. The SMILES string of the molecule is Cc1noc(C)c1-c1cnc2cc(C(=O)[O-])ccn12.[Na+]. The molecule has 0 aliphatic rings. The van der Waals surface area contributed by atoms with Crippen LogP contribution in [0.25, 0.3) is 16.9 Å². The van der Waals surface area contributed by atoms with E-state index in [1.165, 1.54) is 12.1 Å². The van der Waals surface area contributed by atoms with Crippen LogP contribution in [-0.4, -0.2) is 20.5 Å². The zero-order valence-corrected chi connectivity index (χ0v) is 13.4. The number of nitrogens with zero attached hydrogens (tertiary/aromatic N) is 3. The molecule has 0 bridgehead atoms. The van der Waals surface area contributed by atoms with Crippen molar-refractivity contribution in [3.8, 4) is 11.3 Å². The standard InChI is InChI=1S/C13H11N3O3.Na/c1-7-12(8(2)19-15-7)10-6-14-11-5-9(13(17)18)3-4-16(10)11;/h3-6H,1-2H3,(H,17,18);/q;+1/p-1. The third-order valence-electron chi connectivity index (χ3n) is 3.04. The van der Waals surface area contributed by atoms with Gasteiger partial charge in [-0.1, -0.05) is 5.16 Å². The third kappa shape index (κ3) is 2.26. The van der Waals surface area contributed by atoms with Crippen molar-refractivity contribution in [3.63, 3.8) is 0 Å². The molecule has 0 fully saturated rings. The Morgan fingerprint density at radius 3 is 2.75 bits per heavy atom. The van der Waals surface area contributed by atoms with E-state index in [4.69, 9.17) is 4.52 Å². The van der Waals surface area contributed by atoms with Crippen LogP contribution in [-0.2, 0) is 0 Å². The van der Waals surface area contributed by atoms with E-state index in [1.807, 2.05) is 13.8 Å². The van der Waals surface area contributed by atoms with Crippen molar-refractivity contribution in [1.82, 2.24) is 14.5 Å². The number of hydrogen-bond donors (Lipinski definition) is 0. The molecule has 0 unspecified atom stereocenters. The van der Waals surface area contributed by atoms with Crippen LogP contribution >= 0.6 is 0 Å². The minimum absolute atomic E-state index is 0. The summed E-state index contributed by atoms with van der Waals surface area (Å²) >= 11 is 0. The molecule has 0 amide bonds. The van der Waals surface area contributed by atoms with Crippen LogP contribution in [0.5, 0.6) is 0 Å². The maximum absolute atomic E-state index is 10.8. The molecule has 0 saturated heterocycles. The second-order valence-electron chi connectivity index (χ2n) is 4.27. The van der Waals surface area contributed by atoms with Gasteiger partial charge in [-0.2, -0.15) is 0 Å². The van der Waals surface area contributed by atoms with E-state index in [-0.39, 0.29) is 35.1 Å². The Morgan fingerprint density at radius 2 is 2.15 bits per heavy atom. The number of hydrogen-bond acceptors (Lipinski definition) is 5. The van der Waals surface area contributed by atoms with E-state index in [9.17, 15) is 9.90 Å². The largest absolute Gasteiger partial charge is 1.00 e. The Hall–Kier alpha value is -1.63. The zero-order valence-electron chi connectivity index (χ0n) is 11.4. The molecule has 3 aromatic rings. The maximum atomic E-state index is 10.8. The van der Waals surface area contributed by atoms with Crippen LogP contribution in [0.2, 0.25) is 0 Å². The summed E-state index contributed by atoms with van der Waals surface area (Å²) in [4.78, 5) is 15.0. The number of carbonyl (C=O) groups is 1. The fourth-order valence-electron chi connectivity index (χ4n) is 2.14. The predicted octanol–water partition coefficient (Wildman–Crippen LogP) is -2.03. The summed E-state index contributed by atoms with van der Waals surface area (Å²) in [7, 11) is 0. The van der Waals surface area contributed by atoms with Gasteiger partial charge in [0.05, 0.1) is 29.1 Å². The van der Waals surface area contributed by atoms with Gasteiger partial charge in [-0.25, -0.2) is 4.98 Å². The average Bonchev–Trinajstić information content (AvgIpc) is 2.92. The minimum Gasteiger partial charge on any atom is -0.545 e. The molecule has 7 heteroatoms. The van der Waals surface area contributed by atoms with E-state index < -0.39 is 5.97 Å². The van der Waals surface area contributed by atoms with Gasteiger partial charge in [0.1, 0.15) is 11.4 Å². The maximum Gasteiger partial charge on any atom is 1.00 e. The summed E-state index contributed by atoms with van der Waals surface area (Å²) in [5.41, 5.74) is 3.09. The normalized spacial score (nSPS) is 10.5. The molecule has 0 aromatic carbocycles. The van der Waals surface area contributed by atoms with Gasteiger partial charge in [0.25, 0.3) is 0 Å². The van der Waals surface area contributed by atoms with Crippen molar-refractivity contribution in [2.75, 3.05) is 0 Å². The smallest absolute Gasteiger partial charge is 0.545 e. The first kappa shape index (κ1) is 14.8. The van der Waals surface area contributed by atoms with Gasteiger partial charge in [-0.05, 0) is 26.0 Å². The first-order valence-corrected chi connectivity index (χ1v) is 5.69. The van der Waals surface area contributed by atoms with Crippen LogP contribution in [0.4, 0.5) is 0 Å². The molecule has 20 heavy (non-hydrogen) atoms. The van der Waals surface area contributed by atoms with Crippen molar-refractivity contribution >= 4 is 11.6 Å². The van der Waals surface area contributed by atoms with Crippen LogP contribution < -0.4 is 34.7 Å². The molecule has 0 atom stereocenters. The topological polar surface area (TPSA) is 83.5 Å². The number of carboxylic acids is 1. The van der Waals surface area contributed by atoms with E-state index in [1.54, 1.807) is 16.8 Å². The molecule has 0 N–H and O–H groups in total. The Morgan fingerprint density at radius 1 is 1.40 bits per heavy atom.